The van der Waals surface area contributed by atoms with Crippen LogP contribution in [0.1, 0.15) is 25.3 Å². The minimum atomic E-state index is 0.761. The Morgan fingerprint density at radius 2 is 1.70 bits per heavy atom. The van der Waals surface area contributed by atoms with E-state index in [2.05, 4.69) is 56.1 Å². The molecule has 0 saturated carbocycles. The van der Waals surface area contributed by atoms with Crippen molar-refractivity contribution in [1.29, 1.82) is 0 Å². The summed E-state index contributed by atoms with van der Waals surface area (Å²) in [5.41, 5.74) is 2.99. The van der Waals surface area contributed by atoms with Gasteiger partial charge >= 0.3 is 0 Å². The van der Waals surface area contributed by atoms with Gasteiger partial charge in [0.1, 0.15) is 0 Å². The molecule has 0 aliphatic carbocycles. The lowest BCUT2D eigenvalue weighted by molar-refractivity contribution is 0.170. The van der Waals surface area contributed by atoms with Crippen LogP contribution in [-0.4, -0.2) is 92.7 Å². The standard InChI is InChI=1S/C22H37N5/c1-2-10-24-14-16-27(17-15-24)22-6-4-3-5-20(22)18-25-11-7-21(19-25)26-12-8-23-9-13-26/h3-6,21,23H,2,7-19H2,1H3. The minimum absolute atomic E-state index is 0.761. The van der Waals surface area contributed by atoms with Crippen molar-refractivity contribution >= 4 is 5.69 Å². The third kappa shape index (κ3) is 4.83. The molecule has 0 radical (unpaired) electrons. The van der Waals surface area contributed by atoms with Crippen molar-refractivity contribution in [1.82, 2.24) is 20.0 Å². The van der Waals surface area contributed by atoms with Crippen LogP contribution in [0.2, 0.25) is 0 Å². The van der Waals surface area contributed by atoms with Gasteiger partial charge in [-0.05, 0) is 31.0 Å². The lowest BCUT2D eigenvalue weighted by Gasteiger charge is -2.37. The van der Waals surface area contributed by atoms with Crippen molar-refractivity contribution in [3.05, 3.63) is 29.8 Å². The summed E-state index contributed by atoms with van der Waals surface area (Å²) in [6, 6.07) is 9.89. The third-order valence-electron chi connectivity index (χ3n) is 6.55. The number of hydrogen-bond acceptors (Lipinski definition) is 5. The van der Waals surface area contributed by atoms with Gasteiger partial charge in [0.05, 0.1) is 0 Å². The Bertz CT molecular complexity index is 578. The molecule has 1 aromatic rings. The third-order valence-corrected chi connectivity index (χ3v) is 6.55. The Morgan fingerprint density at radius 3 is 2.48 bits per heavy atom. The maximum absolute atomic E-state index is 3.48. The van der Waals surface area contributed by atoms with Crippen LogP contribution in [0.15, 0.2) is 24.3 Å². The molecule has 1 aromatic carbocycles. The Kier molecular flexibility index (Phi) is 6.66. The number of nitrogens with one attached hydrogen (secondary N) is 1. The van der Waals surface area contributed by atoms with Gasteiger partial charge < -0.3 is 10.2 Å². The average molecular weight is 372 g/mol. The number of hydrogen-bond donors (Lipinski definition) is 1. The van der Waals surface area contributed by atoms with E-state index in [1.807, 2.05) is 0 Å². The molecule has 3 aliphatic rings. The first-order chi connectivity index (χ1) is 13.3. The Morgan fingerprint density at radius 1 is 0.926 bits per heavy atom. The first kappa shape index (κ1) is 19.2. The molecule has 0 aromatic heterocycles. The van der Waals surface area contributed by atoms with Gasteiger partial charge in [0.15, 0.2) is 0 Å². The second-order valence-corrected chi connectivity index (χ2v) is 8.42. The second-order valence-electron chi connectivity index (χ2n) is 8.42. The molecule has 0 spiro atoms. The topological polar surface area (TPSA) is 25.0 Å². The zero-order valence-corrected chi connectivity index (χ0v) is 17.1. The maximum Gasteiger partial charge on any atom is 0.0412 e. The highest BCUT2D eigenvalue weighted by Crippen LogP contribution is 2.26. The Labute approximate surface area is 165 Å². The second kappa shape index (κ2) is 9.37. The van der Waals surface area contributed by atoms with Crippen LogP contribution in [0.5, 0.6) is 0 Å². The van der Waals surface area contributed by atoms with Crippen LogP contribution in [-0.2, 0) is 6.54 Å². The minimum Gasteiger partial charge on any atom is -0.369 e. The lowest BCUT2D eigenvalue weighted by atomic mass is 10.1. The van der Waals surface area contributed by atoms with Gasteiger partial charge in [-0.2, -0.15) is 0 Å². The molecule has 0 amide bonds. The molecule has 1 N–H and O–H groups in total. The molecule has 27 heavy (non-hydrogen) atoms. The van der Waals surface area contributed by atoms with Crippen LogP contribution < -0.4 is 10.2 Å². The van der Waals surface area contributed by atoms with E-state index in [0.717, 1.165) is 25.7 Å². The largest absolute Gasteiger partial charge is 0.369 e. The molecule has 4 rings (SSSR count). The van der Waals surface area contributed by atoms with E-state index in [1.165, 1.54) is 83.0 Å². The molecule has 1 atom stereocenters. The van der Waals surface area contributed by atoms with Gasteiger partial charge in [0.2, 0.25) is 0 Å². The van der Waals surface area contributed by atoms with Gasteiger partial charge in [0.25, 0.3) is 0 Å². The van der Waals surface area contributed by atoms with E-state index in [9.17, 15) is 0 Å². The van der Waals surface area contributed by atoms with E-state index < -0.39 is 0 Å². The average Bonchev–Trinajstić information content (AvgIpc) is 3.19. The van der Waals surface area contributed by atoms with Crippen LogP contribution >= 0.6 is 0 Å². The lowest BCUT2D eigenvalue weighted by Crippen LogP contribution is -2.49. The summed E-state index contributed by atoms with van der Waals surface area (Å²) < 4.78 is 0. The fourth-order valence-electron chi connectivity index (χ4n) is 5.02. The van der Waals surface area contributed by atoms with E-state index in [0.29, 0.717) is 0 Å². The number of piperazine rings is 2. The molecule has 1 unspecified atom stereocenters. The van der Waals surface area contributed by atoms with E-state index in [-0.39, 0.29) is 0 Å². The summed E-state index contributed by atoms with van der Waals surface area (Å²) >= 11 is 0. The van der Waals surface area contributed by atoms with Gasteiger partial charge in [-0.15, -0.1) is 0 Å². The number of benzene rings is 1. The summed E-state index contributed by atoms with van der Waals surface area (Å²) in [7, 11) is 0. The van der Waals surface area contributed by atoms with Gasteiger partial charge in [-0.3, -0.25) is 14.7 Å². The van der Waals surface area contributed by atoms with Crippen molar-refractivity contribution in [2.45, 2.75) is 32.4 Å². The fourth-order valence-corrected chi connectivity index (χ4v) is 5.02. The molecule has 3 fully saturated rings. The van der Waals surface area contributed by atoms with E-state index in [1.54, 1.807) is 0 Å². The Hall–Kier alpha value is -1.14. The van der Waals surface area contributed by atoms with E-state index in [4.69, 9.17) is 0 Å². The summed E-state index contributed by atoms with van der Waals surface area (Å²) in [6.07, 6.45) is 2.59. The molecule has 5 heteroatoms. The summed E-state index contributed by atoms with van der Waals surface area (Å²) in [4.78, 5) is 10.6. The molecular formula is C22H37N5. The SMILES string of the molecule is CCCN1CCN(c2ccccc2CN2CCC(N3CCNCC3)C2)CC1. The molecule has 3 aliphatic heterocycles. The zero-order chi connectivity index (χ0) is 18.5. The van der Waals surface area contributed by atoms with Crippen LogP contribution in [0.25, 0.3) is 0 Å². The van der Waals surface area contributed by atoms with Crippen LogP contribution in [0.4, 0.5) is 5.69 Å². The molecule has 0 bridgehead atoms. The maximum atomic E-state index is 3.48. The van der Waals surface area contributed by atoms with E-state index >= 15 is 0 Å². The number of likely N-dealkylation sites (tertiary alicyclic amines) is 1. The van der Waals surface area contributed by atoms with Crippen molar-refractivity contribution in [2.75, 3.05) is 76.9 Å². The molecule has 5 nitrogen and oxygen atoms in total. The highest BCUT2D eigenvalue weighted by atomic mass is 15.3. The summed E-state index contributed by atoms with van der Waals surface area (Å²) in [5.74, 6) is 0. The fraction of sp³-hybridized carbons (Fsp3) is 0.727. The van der Waals surface area contributed by atoms with Crippen molar-refractivity contribution in [2.24, 2.45) is 0 Å². The van der Waals surface area contributed by atoms with Gasteiger partial charge in [0, 0.05) is 83.7 Å². The predicted octanol–water partition coefficient (Wildman–Crippen LogP) is 1.70. The summed E-state index contributed by atoms with van der Waals surface area (Å²) in [6.45, 7) is 16.6. The highest BCUT2D eigenvalue weighted by Gasteiger charge is 2.29. The normalized spacial score (nSPS) is 26.0. The van der Waals surface area contributed by atoms with Crippen LogP contribution in [0, 0.1) is 0 Å². The van der Waals surface area contributed by atoms with Crippen molar-refractivity contribution in [3.8, 4) is 0 Å². The smallest absolute Gasteiger partial charge is 0.0412 e. The molecular weight excluding hydrogens is 334 g/mol. The predicted molar refractivity (Wildman–Crippen MR) is 114 cm³/mol. The van der Waals surface area contributed by atoms with Crippen molar-refractivity contribution < 1.29 is 0 Å². The van der Waals surface area contributed by atoms with Gasteiger partial charge in [-0.25, -0.2) is 0 Å². The molecule has 150 valence electrons. The first-order valence-electron chi connectivity index (χ1n) is 11.1. The number of nitrogens with zero attached hydrogens (tertiary/aromatic N) is 4. The highest BCUT2D eigenvalue weighted by molar-refractivity contribution is 5.54. The van der Waals surface area contributed by atoms with Crippen molar-refractivity contribution in [3.63, 3.8) is 0 Å². The zero-order valence-electron chi connectivity index (χ0n) is 17.1. The first-order valence-corrected chi connectivity index (χ1v) is 11.1. The number of anilines is 1. The van der Waals surface area contributed by atoms with Crippen LogP contribution in [0.3, 0.4) is 0 Å². The summed E-state index contributed by atoms with van der Waals surface area (Å²) in [5, 5.41) is 3.48. The number of para-hydroxylation sites is 1. The Balaban J connectivity index is 1.35. The molecule has 3 saturated heterocycles. The van der Waals surface area contributed by atoms with Gasteiger partial charge in [-0.1, -0.05) is 25.1 Å². The quantitative estimate of drug-likeness (QED) is 0.821. The molecule has 3 heterocycles. The monoisotopic (exact) mass is 371 g/mol. The number of rotatable bonds is 6.